The highest BCUT2D eigenvalue weighted by Gasteiger charge is 2.28. The molecule has 5 nitrogen and oxygen atoms in total. The van der Waals surface area contributed by atoms with Crippen molar-refractivity contribution >= 4 is 17.5 Å². The third kappa shape index (κ3) is 3.98. The lowest BCUT2D eigenvalue weighted by molar-refractivity contribution is -0.126. The summed E-state index contributed by atoms with van der Waals surface area (Å²) in [7, 11) is 0. The summed E-state index contributed by atoms with van der Waals surface area (Å²) in [5.74, 6) is -2.84. The summed E-state index contributed by atoms with van der Waals surface area (Å²) in [6, 6.07) is 2.68. The predicted molar refractivity (Wildman–Crippen MR) is 73.4 cm³/mol. The minimum absolute atomic E-state index is 0.00734. The van der Waals surface area contributed by atoms with Crippen LogP contribution in [0, 0.1) is 11.6 Å². The van der Waals surface area contributed by atoms with E-state index in [0.717, 1.165) is 25.0 Å². The summed E-state index contributed by atoms with van der Waals surface area (Å²) in [6.45, 7) is 0.603. The highest BCUT2D eigenvalue weighted by Crippen LogP contribution is 2.17. The van der Waals surface area contributed by atoms with E-state index in [9.17, 15) is 18.4 Å². The number of piperidine rings is 1. The van der Waals surface area contributed by atoms with Crippen LogP contribution in [0.15, 0.2) is 18.2 Å². The summed E-state index contributed by atoms with van der Waals surface area (Å²) in [6.07, 6.45) is 2.42. The quantitative estimate of drug-likeness (QED) is 0.878. The van der Waals surface area contributed by atoms with Crippen LogP contribution in [0.1, 0.15) is 19.3 Å². The Hall–Kier alpha value is -2.02. The van der Waals surface area contributed by atoms with Crippen LogP contribution in [0.2, 0.25) is 0 Å². The van der Waals surface area contributed by atoms with Gasteiger partial charge in [0.25, 0.3) is 0 Å². The minimum Gasteiger partial charge on any atom is -0.368 e. The fraction of sp³-hybridized carbons (Fsp3) is 0.429. The van der Waals surface area contributed by atoms with E-state index < -0.39 is 29.5 Å². The van der Waals surface area contributed by atoms with Crippen LogP contribution in [0.25, 0.3) is 0 Å². The van der Waals surface area contributed by atoms with E-state index in [1.165, 1.54) is 6.07 Å². The van der Waals surface area contributed by atoms with Gasteiger partial charge in [0.05, 0.1) is 12.6 Å². The van der Waals surface area contributed by atoms with Crippen LogP contribution in [0.4, 0.5) is 14.5 Å². The van der Waals surface area contributed by atoms with E-state index in [4.69, 9.17) is 5.73 Å². The molecule has 1 aliphatic rings. The average Bonchev–Trinajstić information content (AvgIpc) is 2.43. The molecule has 2 rings (SSSR count). The second-order valence-corrected chi connectivity index (χ2v) is 5.06. The molecule has 0 aromatic heterocycles. The number of benzene rings is 1. The number of anilines is 1. The number of hydrogen-bond acceptors (Lipinski definition) is 3. The van der Waals surface area contributed by atoms with Crippen LogP contribution in [-0.2, 0) is 9.59 Å². The van der Waals surface area contributed by atoms with Crippen molar-refractivity contribution < 1.29 is 18.4 Å². The summed E-state index contributed by atoms with van der Waals surface area (Å²) >= 11 is 0. The van der Waals surface area contributed by atoms with E-state index in [1.54, 1.807) is 4.90 Å². The van der Waals surface area contributed by atoms with Gasteiger partial charge < -0.3 is 11.1 Å². The van der Waals surface area contributed by atoms with Gasteiger partial charge in [0.15, 0.2) is 11.6 Å². The molecule has 1 atom stereocenters. The highest BCUT2D eigenvalue weighted by molar-refractivity contribution is 5.92. The van der Waals surface area contributed by atoms with Crippen LogP contribution in [0.5, 0.6) is 0 Å². The largest absolute Gasteiger partial charge is 0.368 e. The second-order valence-electron chi connectivity index (χ2n) is 5.06. The van der Waals surface area contributed by atoms with Crippen molar-refractivity contribution in [3.63, 3.8) is 0 Å². The molecule has 0 spiro atoms. The molecular formula is C14H17F2N3O2. The third-order valence-electron chi connectivity index (χ3n) is 3.49. The lowest BCUT2D eigenvalue weighted by Gasteiger charge is -2.32. The molecule has 21 heavy (non-hydrogen) atoms. The molecule has 0 bridgehead atoms. The van der Waals surface area contributed by atoms with Crippen LogP contribution >= 0.6 is 0 Å². The number of carbonyl (C=O) groups is 2. The molecule has 0 aliphatic carbocycles. The average molecular weight is 297 g/mol. The van der Waals surface area contributed by atoms with Gasteiger partial charge >= 0.3 is 0 Å². The van der Waals surface area contributed by atoms with Gasteiger partial charge in [-0.25, -0.2) is 8.78 Å². The molecule has 1 saturated heterocycles. The minimum atomic E-state index is -1.03. The standard InChI is InChI=1S/C14H17F2N3O2/c15-10-5-4-9(7-11(10)16)18-13(20)8-19-6-2-1-3-12(19)14(17)21/h4-5,7,12H,1-3,6,8H2,(H2,17,21)(H,18,20). The molecule has 2 amide bonds. The highest BCUT2D eigenvalue weighted by atomic mass is 19.2. The Kier molecular flexibility index (Phi) is 4.85. The van der Waals surface area contributed by atoms with Crippen molar-refractivity contribution in [2.75, 3.05) is 18.4 Å². The number of amides is 2. The number of rotatable bonds is 4. The summed E-state index contributed by atoms with van der Waals surface area (Å²) in [4.78, 5) is 25.0. The maximum absolute atomic E-state index is 13.1. The van der Waals surface area contributed by atoms with Gasteiger partial charge in [0.2, 0.25) is 11.8 Å². The zero-order chi connectivity index (χ0) is 15.4. The van der Waals surface area contributed by atoms with E-state index in [1.807, 2.05) is 0 Å². The van der Waals surface area contributed by atoms with Gasteiger partial charge in [-0.3, -0.25) is 14.5 Å². The second kappa shape index (κ2) is 6.62. The fourth-order valence-corrected chi connectivity index (χ4v) is 2.46. The molecule has 7 heteroatoms. The lowest BCUT2D eigenvalue weighted by atomic mass is 10.0. The van der Waals surface area contributed by atoms with Crippen molar-refractivity contribution in [2.45, 2.75) is 25.3 Å². The Morgan fingerprint density at radius 1 is 1.29 bits per heavy atom. The number of likely N-dealkylation sites (tertiary alicyclic amines) is 1. The maximum atomic E-state index is 13.1. The zero-order valence-corrected chi connectivity index (χ0v) is 11.4. The van der Waals surface area contributed by atoms with Crippen molar-refractivity contribution in [3.8, 4) is 0 Å². The number of hydrogen-bond donors (Lipinski definition) is 2. The summed E-state index contributed by atoms with van der Waals surface area (Å²) in [5, 5.41) is 2.48. The number of nitrogens with two attached hydrogens (primary N) is 1. The number of nitrogens with zero attached hydrogens (tertiary/aromatic N) is 1. The van der Waals surface area contributed by atoms with E-state index >= 15 is 0 Å². The Balaban J connectivity index is 1.97. The Bertz CT molecular complexity index is 551. The topological polar surface area (TPSA) is 75.4 Å². The van der Waals surface area contributed by atoms with Gasteiger partial charge in [-0.1, -0.05) is 6.42 Å². The molecule has 0 radical (unpaired) electrons. The number of nitrogens with one attached hydrogen (secondary N) is 1. The molecular weight excluding hydrogens is 280 g/mol. The van der Waals surface area contributed by atoms with E-state index in [-0.39, 0.29) is 12.2 Å². The normalized spacial score (nSPS) is 19.2. The van der Waals surface area contributed by atoms with Crippen molar-refractivity contribution in [1.82, 2.24) is 4.90 Å². The van der Waals surface area contributed by atoms with Crippen LogP contribution in [0.3, 0.4) is 0 Å². The van der Waals surface area contributed by atoms with Gasteiger partial charge in [-0.15, -0.1) is 0 Å². The SMILES string of the molecule is NC(=O)C1CCCCN1CC(=O)Nc1ccc(F)c(F)c1. The molecule has 1 unspecified atom stereocenters. The molecule has 1 aromatic carbocycles. The molecule has 1 aromatic rings. The molecule has 3 N–H and O–H groups in total. The molecule has 114 valence electrons. The maximum Gasteiger partial charge on any atom is 0.238 e. The third-order valence-corrected chi connectivity index (χ3v) is 3.49. The monoisotopic (exact) mass is 297 g/mol. The van der Waals surface area contributed by atoms with E-state index in [2.05, 4.69) is 5.32 Å². The van der Waals surface area contributed by atoms with Crippen molar-refractivity contribution in [2.24, 2.45) is 5.73 Å². The lowest BCUT2D eigenvalue weighted by Crippen LogP contribution is -2.50. The van der Waals surface area contributed by atoms with Gasteiger partial charge in [0.1, 0.15) is 0 Å². The van der Waals surface area contributed by atoms with Gasteiger partial charge in [0, 0.05) is 11.8 Å². The van der Waals surface area contributed by atoms with E-state index in [0.29, 0.717) is 13.0 Å². The van der Waals surface area contributed by atoms with Crippen molar-refractivity contribution in [1.29, 1.82) is 0 Å². The summed E-state index contributed by atoms with van der Waals surface area (Å²) < 4.78 is 25.9. The number of carbonyl (C=O) groups excluding carboxylic acids is 2. The zero-order valence-electron chi connectivity index (χ0n) is 11.4. The Morgan fingerprint density at radius 3 is 2.71 bits per heavy atom. The van der Waals surface area contributed by atoms with Crippen LogP contribution < -0.4 is 11.1 Å². The van der Waals surface area contributed by atoms with Crippen molar-refractivity contribution in [3.05, 3.63) is 29.8 Å². The Morgan fingerprint density at radius 2 is 2.05 bits per heavy atom. The van der Waals surface area contributed by atoms with Gasteiger partial charge in [-0.2, -0.15) is 0 Å². The first-order chi connectivity index (χ1) is 9.97. The first-order valence-electron chi connectivity index (χ1n) is 6.75. The fourth-order valence-electron chi connectivity index (χ4n) is 2.46. The smallest absolute Gasteiger partial charge is 0.238 e. The number of halogens is 2. The first kappa shape index (κ1) is 15.4. The number of primary amides is 1. The first-order valence-corrected chi connectivity index (χ1v) is 6.75. The summed E-state index contributed by atoms with van der Waals surface area (Å²) in [5.41, 5.74) is 5.49. The van der Waals surface area contributed by atoms with Crippen LogP contribution in [-0.4, -0.2) is 35.8 Å². The van der Waals surface area contributed by atoms with Gasteiger partial charge in [-0.05, 0) is 31.5 Å². The molecule has 1 fully saturated rings. The molecule has 1 heterocycles. The predicted octanol–water partition coefficient (Wildman–Crippen LogP) is 1.24. The Labute approximate surface area is 121 Å². The molecule has 0 saturated carbocycles. The molecule has 1 aliphatic heterocycles.